The van der Waals surface area contributed by atoms with E-state index in [-0.39, 0.29) is 17.6 Å². The van der Waals surface area contributed by atoms with Gasteiger partial charge in [-0.3, -0.25) is 4.79 Å². The molecule has 20 heavy (non-hydrogen) atoms. The number of carboxylic acids is 1. The fourth-order valence-electron chi connectivity index (χ4n) is 1.79. The molecule has 0 bridgehead atoms. The molecule has 0 saturated carbocycles. The fourth-order valence-corrected chi connectivity index (χ4v) is 3.72. The summed E-state index contributed by atoms with van der Waals surface area (Å²) < 4.78 is 24.5. The van der Waals surface area contributed by atoms with Crippen LogP contribution in [0, 0.1) is 5.41 Å². The van der Waals surface area contributed by atoms with E-state index in [9.17, 15) is 18.3 Å². The van der Waals surface area contributed by atoms with Gasteiger partial charge >= 0.3 is 5.97 Å². The smallest absolute Gasteiger partial charge is 0.322 e. The fraction of sp³-hybridized carbons (Fsp3) is 0.533. The van der Waals surface area contributed by atoms with Gasteiger partial charge in [0.15, 0.2) is 15.1 Å². The number of carbonyl (C=O) groups is 1. The molecule has 1 atom stereocenters. The molecule has 1 aromatic rings. The van der Waals surface area contributed by atoms with Crippen LogP contribution in [0.4, 0.5) is 0 Å². The third-order valence-electron chi connectivity index (χ3n) is 3.11. The molecule has 0 spiro atoms. The molecule has 4 nitrogen and oxygen atoms in total. The van der Waals surface area contributed by atoms with Crippen molar-refractivity contribution in [3.05, 3.63) is 35.9 Å². The minimum atomic E-state index is -3.65. The Morgan fingerprint density at radius 1 is 1.20 bits per heavy atom. The maximum absolute atomic E-state index is 12.2. The van der Waals surface area contributed by atoms with Crippen molar-refractivity contribution in [2.24, 2.45) is 5.41 Å². The Balaban J connectivity index is 2.88. The highest BCUT2D eigenvalue weighted by molar-refractivity contribution is 7.92. The summed E-state index contributed by atoms with van der Waals surface area (Å²) in [6.07, 6.45) is 0.469. The predicted molar refractivity (Wildman–Crippen MR) is 79.4 cm³/mol. The van der Waals surface area contributed by atoms with E-state index >= 15 is 0 Å². The van der Waals surface area contributed by atoms with Crippen LogP contribution in [0.3, 0.4) is 0 Å². The van der Waals surface area contributed by atoms with Gasteiger partial charge in [0.1, 0.15) is 0 Å². The molecule has 1 aromatic carbocycles. The predicted octanol–water partition coefficient (Wildman–Crippen LogP) is 2.53. The summed E-state index contributed by atoms with van der Waals surface area (Å²) in [5.74, 6) is -1.37. The number of hydrogen-bond donors (Lipinski definition) is 1. The summed E-state index contributed by atoms with van der Waals surface area (Å²) in [7, 11) is -3.65. The third-order valence-corrected chi connectivity index (χ3v) is 5.12. The Morgan fingerprint density at radius 3 is 2.20 bits per heavy atom. The second kappa shape index (κ2) is 6.39. The molecule has 0 saturated heterocycles. The van der Waals surface area contributed by atoms with Crippen molar-refractivity contribution in [2.75, 3.05) is 5.75 Å². The zero-order chi connectivity index (χ0) is 15.4. The van der Waals surface area contributed by atoms with Gasteiger partial charge in [-0.15, -0.1) is 0 Å². The minimum absolute atomic E-state index is 0.0165. The lowest BCUT2D eigenvalue weighted by atomic mass is 9.94. The molecular formula is C15H22O4S. The third kappa shape index (κ3) is 5.33. The maximum Gasteiger partial charge on any atom is 0.322 e. The van der Waals surface area contributed by atoms with Crippen LogP contribution in [0.25, 0.3) is 0 Å². The minimum Gasteiger partial charge on any atom is -0.480 e. The lowest BCUT2D eigenvalue weighted by Crippen LogP contribution is -2.35. The van der Waals surface area contributed by atoms with Gasteiger partial charge in [0, 0.05) is 0 Å². The number of sulfone groups is 1. The van der Waals surface area contributed by atoms with Crippen molar-refractivity contribution in [3.8, 4) is 0 Å². The molecule has 0 radical (unpaired) electrons. The summed E-state index contributed by atoms with van der Waals surface area (Å²) in [5, 5.41) is 7.85. The van der Waals surface area contributed by atoms with Crippen molar-refractivity contribution >= 4 is 15.8 Å². The Morgan fingerprint density at radius 2 is 1.75 bits per heavy atom. The van der Waals surface area contributed by atoms with Gasteiger partial charge in [0.25, 0.3) is 0 Å². The number of aliphatic carboxylic acids is 1. The number of hydrogen-bond acceptors (Lipinski definition) is 3. The van der Waals surface area contributed by atoms with Crippen LogP contribution in [0.15, 0.2) is 30.3 Å². The molecule has 0 heterocycles. The summed E-state index contributed by atoms with van der Waals surface area (Å²) in [6.45, 7) is 5.82. The van der Waals surface area contributed by atoms with Crippen molar-refractivity contribution in [3.63, 3.8) is 0 Å². The van der Waals surface area contributed by atoms with E-state index in [2.05, 4.69) is 0 Å². The lowest BCUT2D eigenvalue weighted by Gasteiger charge is -2.20. The van der Waals surface area contributed by atoms with Gasteiger partial charge in [-0.05, 0) is 23.8 Å². The van der Waals surface area contributed by atoms with Crippen LogP contribution in [-0.4, -0.2) is 30.5 Å². The molecule has 5 heteroatoms. The van der Waals surface area contributed by atoms with E-state index in [0.717, 1.165) is 5.56 Å². The van der Waals surface area contributed by atoms with Crippen molar-refractivity contribution in [1.29, 1.82) is 0 Å². The van der Waals surface area contributed by atoms with Crippen LogP contribution in [0.2, 0.25) is 0 Å². The first kappa shape index (κ1) is 16.7. The molecule has 1 rings (SSSR count). The highest BCUT2D eigenvalue weighted by Crippen LogP contribution is 2.22. The Bertz CT molecular complexity index is 541. The van der Waals surface area contributed by atoms with Gasteiger partial charge < -0.3 is 5.11 Å². The first-order chi connectivity index (χ1) is 9.12. The van der Waals surface area contributed by atoms with Crippen LogP contribution in [0.5, 0.6) is 0 Å². The molecule has 0 aliphatic heterocycles. The monoisotopic (exact) mass is 298 g/mol. The summed E-state index contributed by atoms with van der Waals surface area (Å²) in [6, 6.07) is 8.85. The van der Waals surface area contributed by atoms with E-state index in [1.165, 1.54) is 0 Å². The molecule has 0 aliphatic rings. The number of benzene rings is 1. The topological polar surface area (TPSA) is 71.4 Å². The zero-order valence-corrected chi connectivity index (χ0v) is 13.0. The summed E-state index contributed by atoms with van der Waals surface area (Å²) >= 11 is 0. The molecule has 0 aliphatic carbocycles. The first-order valence-corrected chi connectivity index (χ1v) is 8.32. The van der Waals surface area contributed by atoms with E-state index in [1.807, 2.05) is 26.8 Å². The molecule has 1 unspecified atom stereocenters. The normalized spacial score (nSPS) is 13.9. The quantitative estimate of drug-likeness (QED) is 0.876. The molecular weight excluding hydrogens is 276 g/mol. The first-order valence-electron chi connectivity index (χ1n) is 6.60. The average molecular weight is 298 g/mol. The van der Waals surface area contributed by atoms with Crippen LogP contribution < -0.4 is 0 Å². The van der Waals surface area contributed by atoms with Crippen molar-refractivity contribution in [2.45, 2.75) is 38.9 Å². The van der Waals surface area contributed by atoms with Crippen molar-refractivity contribution in [1.82, 2.24) is 0 Å². The highest BCUT2D eigenvalue weighted by atomic mass is 32.2. The molecule has 112 valence electrons. The van der Waals surface area contributed by atoms with Crippen LogP contribution >= 0.6 is 0 Å². The highest BCUT2D eigenvalue weighted by Gasteiger charge is 2.33. The number of carboxylic acid groups (broad SMARTS) is 1. The van der Waals surface area contributed by atoms with Gasteiger partial charge in [-0.25, -0.2) is 8.42 Å². The molecule has 1 N–H and O–H groups in total. The van der Waals surface area contributed by atoms with Crippen LogP contribution in [-0.2, 0) is 21.1 Å². The van der Waals surface area contributed by atoms with E-state index in [1.54, 1.807) is 24.3 Å². The second-order valence-corrected chi connectivity index (χ2v) is 8.50. The lowest BCUT2D eigenvalue weighted by molar-refractivity contribution is -0.136. The second-order valence-electron chi connectivity index (χ2n) is 6.19. The van der Waals surface area contributed by atoms with E-state index in [0.29, 0.717) is 6.42 Å². The molecule has 0 amide bonds. The Kier molecular flexibility index (Phi) is 5.34. The van der Waals surface area contributed by atoms with Gasteiger partial charge in [0.05, 0.1) is 5.75 Å². The largest absolute Gasteiger partial charge is 0.480 e. The SMILES string of the molecule is CC(C)(C)CCS(=O)(=O)C(Cc1ccccc1)C(=O)O. The van der Waals surface area contributed by atoms with Gasteiger partial charge in [-0.2, -0.15) is 0 Å². The average Bonchev–Trinajstić information content (AvgIpc) is 2.34. The Hall–Kier alpha value is -1.36. The number of rotatable bonds is 6. The maximum atomic E-state index is 12.2. The molecule has 0 fully saturated rings. The van der Waals surface area contributed by atoms with Crippen LogP contribution in [0.1, 0.15) is 32.8 Å². The van der Waals surface area contributed by atoms with Crippen molar-refractivity contribution < 1.29 is 18.3 Å². The van der Waals surface area contributed by atoms with Gasteiger partial charge in [0.2, 0.25) is 0 Å². The zero-order valence-electron chi connectivity index (χ0n) is 12.2. The summed E-state index contributed by atoms with van der Waals surface area (Å²) in [5.41, 5.74) is 0.585. The van der Waals surface area contributed by atoms with E-state index < -0.39 is 21.1 Å². The summed E-state index contributed by atoms with van der Waals surface area (Å²) in [4.78, 5) is 11.3. The molecule has 0 aromatic heterocycles. The standard InChI is InChI=1S/C15H22O4S/c1-15(2,3)9-10-20(18,19)13(14(16)17)11-12-7-5-4-6-8-12/h4-8,13H,9-11H2,1-3H3,(H,16,17). The van der Waals surface area contributed by atoms with Gasteiger partial charge in [-0.1, -0.05) is 51.1 Å². The Labute approximate surface area is 120 Å². The van der Waals surface area contributed by atoms with E-state index in [4.69, 9.17) is 0 Å².